The number of benzene rings is 2. The van der Waals surface area contributed by atoms with Gasteiger partial charge >= 0.3 is 5.69 Å². The molecule has 1 heterocycles. The summed E-state index contributed by atoms with van der Waals surface area (Å²) in [6, 6.07) is 13.1. The van der Waals surface area contributed by atoms with E-state index in [0.29, 0.717) is 5.69 Å². The zero-order valence-corrected chi connectivity index (χ0v) is 16.0. The fourth-order valence-corrected chi connectivity index (χ4v) is 3.51. The third kappa shape index (κ3) is 4.90. The van der Waals surface area contributed by atoms with Crippen LogP contribution in [0.2, 0.25) is 0 Å². The lowest BCUT2D eigenvalue weighted by Crippen LogP contribution is -2.30. The lowest BCUT2D eigenvalue weighted by molar-refractivity contribution is 0.0962. The number of aryl methyl sites for hydroxylation is 1. The fraction of sp³-hybridized carbons (Fsp3) is 0.0556. The van der Waals surface area contributed by atoms with Gasteiger partial charge in [-0.1, -0.05) is 18.2 Å². The van der Waals surface area contributed by atoms with E-state index >= 15 is 0 Å². The number of aromatic nitrogens is 2. The Kier molecular flexibility index (Phi) is 5.50. The van der Waals surface area contributed by atoms with E-state index in [9.17, 15) is 22.8 Å². The molecule has 0 spiro atoms. The van der Waals surface area contributed by atoms with E-state index in [2.05, 4.69) is 20.6 Å². The zero-order chi connectivity index (χ0) is 21.0. The first-order valence-electron chi connectivity index (χ1n) is 8.32. The van der Waals surface area contributed by atoms with Gasteiger partial charge in [0.2, 0.25) is 0 Å². The second-order valence-electron chi connectivity index (χ2n) is 6.07. The Morgan fingerprint density at radius 3 is 2.45 bits per heavy atom. The molecule has 1 amide bonds. The van der Waals surface area contributed by atoms with Crippen molar-refractivity contribution in [1.82, 2.24) is 15.4 Å². The summed E-state index contributed by atoms with van der Waals surface area (Å²) in [6.07, 6.45) is 0.797. The van der Waals surface area contributed by atoms with Gasteiger partial charge < -0.3 is 4.98 Å². The first kappa shape index (κ1) is 19.9. The summed E-state index contributed by atoms with van der Waals surface area (Å²) >= 11 is 0. The third-order valence-electron chi connectivity index (χ3n) is 3.79. The van der Waals surface area contributed by atoms with Crippen molar-refractivity contribution < 1.29 is 13.2 Å². The second kappa shape index (κ2) is 8.02. The molecule has 2 aromatic carbocycles. The van der Waals surface area contributed by atoms with Crippen molar-refractivity contribution in [3.8, 4) is 0 Å². The molecule has 11 heteroatoms. The number of hydrogen-bond acceptors (Lipinski definition) is 6. The van der Waals surface area contributed by atoms with Crippen LogP contribution in [0.4, 0.5) is 11.4 Å². The van der Waals surface area contributed by atoms with Crippen LogP contribution in [0.5, 0.6) is 0 Å². The number of aromatic amines is 2. The number of carbonyl (C=O) groups is 1. The minimum atomic E-state index is -4.27. The highest BCUT2D eigenvalue weighted by Crippen LogP contribution is 2.15. The summed E-state index contributed by atoms with van der Waals surface area (Å²) in [5, 5.41) is 0. The fourth-order valence-electron chi connectivity index (χ4n) is 2.46. The minimum Gasteiger partial charge on any atom is -0.313 e. The van der Waals surface area contributed by atoms with E-state index < -0.39 is 32.1 Å². The van der Waals surface area contributed by atoms with Crippen LogP contribution in [0.1, 0.15) is 15.9 Å². The van der Waals surface area contributed by atoms with Crippen molar-refractivity contribution in [2.75, 3.05) is 10.1 Å². The Morgan fingerprint density at radius 1 is 1.00 bits per heavy atom. The molecule has 0 unspecified atom stereocenters. The smallest absolute Gasteiger partial charge is 0.313 e. The van der Waals surface area contributed by atoms with Gasteiger partial charge in [0, 0.05) is 17.4 Å². The Balaban J connectivity index is 1.75. The molecule has 10 nitrogen and oxygen atoms in total. The average molecular weight is 415 g/mol. The van der Waals surface area contributed by atoms with E-state index in [4.69, 9.17) is 0 Å². The Bertz CT molecular complexity index is 1280. The molecule has 1 aromatic heterocycles. The molecular weight excluding hydrogens is 398 g/mol. The van der Waals surface area contributed by atoms with E-state index in [1.807, 2.05) is 30.1 Å². The number of hydrogen-bond donors (Lipinski definition) is 5. The summed E-state index contributed by atoms with van der Waals surface area (Å²) in [5.41, 5.74) is 5.36. The molecule has 0 saturated heterocycles. The van der Waals surface area contributed by atoms with Crippen LogP contribution in [0, 0.1) is 6.92 Å². The summed E-state index contributed by atoms with van der Waals surface area (Å²) in [7, 11) is -4.27. The first-order valence-corrected chi connectivity index (χ1v) is 9.81. The summed E-state index contributed by atoms with van der Waals surface area (Å²) < 4.78 is 27.0. The van der Waals surface area contributed by atoms with Crippen LogP contribution in [0.25, 0.3) is 0 Å². The molecule has 3 rings (SSSR count). The number of H-pyrrole nitrogens is 2. The lowest BCUT2D eigenvalue weighted by Gasteiger charge is -2.11. The first-order chi connectivity index (χ1) is 13.7. The van der Waals surface area contributed by atoms with Crippen molar-refractivity contribution in [3.05, 3.63) is 86.7 Å². The molecule has 5 N–H and O–H groups in total. The average Bonchev–Trinajstić information content (AvgIpc) is 2.65. The summed E-state index contributed by atoms with van der Waals surface area (Å²) in [6.45, 7) is 1.91. The number of nitrogens with one attached hydrogen (secondary N) is 5. The Morgan fingerprint density at radius 2 is 1.72 bits per heavy atom. The molecule has 0 aliphatic rings. The Hall–Kier alpha value is -3.86. The van der Waals surface area contributed by atoms with Crippen LogP contribution in [-0.2, 0) is 10.0 Å². The maximum absolute atomic E-state index is 12.4. The van der Waals surface area contributed by atoms with Crippen molar-refractivity contribution in [1.29, 1.82) is 0 Å². The van der Waals surface area contributed by atoms with Crippen LogP contribution in [-0.4, -0.2) is 24.3 Å². The van der Waals surface area contributed by atoms with Crippen molar-refractivity contribution in [2.24, 2.45) is 0 Å². The monoisotopic (exact) mass is 415 g/mol. The molecular formula is C18H17N5O5S. The topological polar surface area (TPSA) is 153 Å². The van der Waals surface area contributed by atoms with E-state index in [1.54, 1.807) is 6.07 Å². The standard InChI is InChI=1S/C18H17N5O5S/c1-11-4-2-6-13(8-11)21-22-16(24)12-5-3-7-14(9-12)23-29(27,28)15-10-19-18(26)20-17(15)25/h2-10,21,23H,1H3,(H,22,24)(H2,19,20,25,26). The van der Waals surface area contributed by atoms with Gasteiger partial charge in [0.1, 0.15) is 0 Å². The summed E-state index contributed by atoms with van der Waals surface area (Å²) in [4.78, 5) is 38.4. The van der Waals surface area contributed by atoms with E-state index in [1.165, 1.54) is 24.3 Å². The number of amides is 1. The SMILES string of the molecule is Cc1cccc(NNC(=O)c2cccc(NS(=O)(=O)c3c[nH]c(=O)[nH]c3=O)c2)c1. The second-order valence-corrected chi connectivity index (χ2v) is 7.72. The van der Waals surface area contributed by atoms with Crippen LogP contribution < -0.4 is 26.8 Å². The van der Waals surface area contributed by atoms with Crippen molar-refractivity contribution in [2.45, 2.75) is 11.8 Å². The number of hydrazine groups is 1. The van der Waals surface area contributed by atoms with Gasteiger partial charge in [-0.2, -0.15) is 0 Å². The molecule has 29 heavy (non-hydrogen) atoms. The largest absolute Gasteiger partial charge is 0.325 e. The maximum Gasteiger partial charge on any atom is 0.325 e. The summed E-state index contributed by atoms with van der Waals surface area (Å²) in [5.74, 6) is -0.491. The maximum atomic E-state index is 12.4. The number of carbonyl (C=O) groups excluding carboxylic acids is 1. The molecule has 0 aliphatic carbocycles. The predicted molar refractivity (Wildman–Crippen MR) is 107 cm³/mol. The minimum absolute atomic E-state index is 0.0683. The van der Waals surface area contributed by atoms with Gasteiger partial charge in [0.25, 0.3) is 21.5 Å². The number of rotatable bonds is 6. The van der Waals surface area contributed by atoms with Gasteiger partial charge in [0.15, 0.2) is 4.90 Å². The van der Waals surface area contributed by atoms with Gasteiger partial charge in [0.05, 0.1) is 5.69 Å². The highest BCUT2D eigenvalue weighted by atomic mass is 32.2. The van der Waals surface area contributed by atoms with Gasteiger partial charge in [-0.05, 0) is 42.8 Å². The van der Waals surface area contributed by atoms with Crippen molar-refractivity contribution in [3.63, 3.8) is 0 Å². The highest BCUT2D eigenvalue weighted by molar-refractivity contribution is 7.92. The molecule has 3 aromatic rings. The van der Waals surface area contributed by atoms with Gasteiger partial charge in [-0.15, -0.1) is 0 Å². The molecule has 0 aliphatic heterocycles. The number of sulfonamides is 1. The van der Waals surface area contributed by atoms with Crippen molar-refractivity contribution >= 4 is 27.3 Å². The Labute approximate surface area is 165 Å². The molecule has 0 saturated carbocycles. The lowest BCUT2D eigenvalue weighted by atomic mass is 10.2. The van der Waals surface area contributed by atoms with Gasteiger partial charge in [-0.25, -0.2) is 13.2 Å². The molecule has 0 radical (unpaired) electrons. The zero-order valence-electron chi connectivity index (χ0n) is 15.1. The molecule has 0 bridgehead atoms. The molecule has 0 atom stereocenters. The van der Waals surface area contributed by atoms with Gasteiger partial charge in [-0.3, -0.25) is 30.1 Å². The normalized spacial score (nSPS) is 10.9. The molecule has 150 valence electrons. The van der Waals surface area contributed by atoms with E-state index in [-0.39, 0.29) is 11.3 Å². The molecule has 0 fully saturated rings. The van der Waals surface area contributed by atoms with E-state index in [0.717, 1.165) is 11.8 Å². The van der Waals surface area contributed by atoms with Crippen LogP contribution in [0.15, 0.2) is 69.2 Å². The predicted octanol–water partition coefficient (Wildman–Crippen LogP) is 0.929. The highest BCUT2D eigenvalue weighted by Gasteiger charge is 2.19. The third-order valence-corrected chi connectivity index (χ3v) is 5.18. The van der Waals surface area contributed by atoms with Crippen LogP contribution in [0.3, 0.4) is 0 Å². The quantitative estimate of drug-likeness (QED) is 0.378. The van der Waals surface area contributed by atoms with Crippen LogP contribution >= 0.6 is 0 Å². The number of anilines is 2.